The SMILES string of the molecule is CC(N)C(=O)NC(C)c1cccc(Br)c1.Cl. The van der Waals surface area contributed by atoms with Gasteiger partial charge in [0.1, 0.15) is 0 Å². The number of rotatable bonds is 3. The van der Waals surface area contributed by atoms with Gasteiger partial charge >= 0.3 is 0 Å². The van der Waals surface area contributed by atoms with Crippen LogP contribution in [0.3, 0.4) is 0 Å². The summed E-state index contributed by atoms with van der Waals surface area (Å²) in [7, 11) is 0. The van der Waals surface area contributed by atoms with Gasteiger partial charge in [0.15, 0.2) is 0 Å². The third-order valence-electron chi connectivity index (χ3n) is 2.12. The Morgan fingerprint density at radius 1 is 1.44 bits per heavy atom. The first-order valence-corrected chi connectivity index (χ1v) is 5.61. The largest absolute Gasteiger partial charge is 0.348 e. The molecule has 0 heterocycles. The molecule has 0 spiro atoms. The molecule has 0 saturated heterocycles. The Hall–Kier alpha value is -0.580. The highest BCUT2D eigenvalue weighted by Crippen LogP contribution is 2.17. The predicted molar refractivity (Wildman–Crippen MR) is 71.6 cm³/mol. The van der Waals surface area contributed by atoms with Crippen molar-refractivity contribution in [3.05, 3.63) is 34.3 Å². The summed E-state index contributed by atoms with van der Waals surface area (Å²) < 4.78 is 1.00. The van der Waals surface area contributed by atoms with Gasteiger partial charge in [-0.05, 0) is 31.5 Å². The van der Waals surface area contributed by atoms with Crippen LogP contribution < -0.4 is 11.1 Å². The van der Waals surface area contributed by atoms with Crippen molar-refractivity contribution in [2.45, 2.75) is 25.9 Å². The van der Waals surface area contributed by atoms with Gasteiger partial charge in [-0.3, -0.25) is 4.79 Å². The zero-order valence-electron chi connectivity index (χ0n) is 9.24. The summed E-state index contributed by atoms with van der Waals surface area (Å²) in [5.74, 6) is -0.137. The summed E-state index contributed by atoms with van der Waals surface area (Å²) >= 11 is 3.39. The molecule has 1 rings (SSSR count). The fraction of sp³-hybridized carbons (Fsp3) is 0.364. The molecule has 0 aromatic heterocycles. The smallest absolute Gasteiger partial charge is 0.237 e. The molecule has 1 aromatic carbocycles. The van der Waals surface area contributed by atoms with E-state index in [9.17, 15) is 4.79 Å². The lowest BCUT2D eigenvalue weighted by atomic mass is 10.1. The van der Waals surface area contributed by atoms with Crippen molar-refractivity contribution in [3.8, 4) is 0 Å². The summed E-state index contributed by atoms with van der Waals surface area (Å²) in [6.07, 6.45) is 0. The predicted octanol–water partition coefficient (Wildman–Crippen LogP) is 2.40. The quantitative estimate of drug-likeness (QED) is 0.901. The number of hydrogen-bond acceptors (Lipinski definition) is 2. The number of nitrogens with one attached hydrogen (secondary N) is 1. The van der Waals surface area contributed by atoms with Gasteiger partial charge in [0, 0.05) is 4.47 Å². The van der Waals surface area contributed by atoms with Gasteiger partial charge in [0.2, 0.25) is 5.91 Å². The van der Waals surface area contributed by atoms with Gasteiger partial charge in [-0.1, -0.05) is 28.1 Å². The molecule has 0 aliphatic rings. The summed E-state index contributed by atoms with van der Waals surface area (Å²) in [5.41, 5.74) is 6.52. The van der Waals surface area contributed by atoms with Crippen LogP contribution in [0.4, 0.5) is 0 Å². The Morgan fingerprint density at radius 2 is 2.06 bits per heavy atom. The second kappa shape index (κ2) is 6.89. The lowest BCUT2D eigenvalue weighted by molar-refractivity contribution is -0.122. The molecule has 3 N–H and O–H groups in total. The molecule has 0 aliphatic heterocycles. The normalized spacial score (nSPS) is 13.5. The zero-order chi connectivity index (χ0) is 11.4. The highest BCUT2D eigenvalue weighted by Gasteiger charge is 2.12. The van der Waals surface area contributed by atoms with Crippen molar-refractivity contribution in [2.75, 3.05) is 0 Å². The van der Waals surface area contributed by atoms with Gasteiger partial charge in [-0.25, -0.2) is 0 Å². The van der Waals surface area contributed by atoms with E-state index >= 15 is 0 Å². The topological polar surface area (TPSA) is 55.1 Å². The first kappa shape index (κ1) is 15.4. The Morgan fingerprint density at radius 3 is 2.56 bits per heavy atom. The molecule has 2 unspecified atom stereocenters. The molecule has 5 heteroatoms. The van der Waals surface area contributed by atoms with E-state index in [2.05, 4.69) is 21.2 Å². The van der Waals surface area contributed by atoms with Crippen LogP contribution in [0.15, 0.2) is 28.7 Å². The van der Waals surface area contributed by atoms with Crippen LogP contribution in [-0.4, -0.2) is 11.9 Å². The number of benzene rings is 1. The highest BCUT2D eigenvalue weighted by molar-refractivity contribution is 9.10. The fourth-order valence-electron chi connectivity index (χ4n) is 1.20. The molecule has 0 aliphatic carbocycles. The summed E-state index contributed by atoms with van der Waals surface area (Å²) in [5, 5.41) is 2.84. The monoisotopic (exact) mass is 306 g/mol. The number of amides is 1. The summed E-state index contributed by atoms with van der Waals surface area (Å²) in [6, 6.07) is 7.33. The van der Waals surface area contributed by atoms with E-state index in [4.69, 9.17) is 5.73 Å². The maximum absolute atomic E-state index is 11.4. The molecular weight excluding hydrogens is 291 g/mol. The highest BCUT2D eigenvalue weighted by atomic mass is 79.9. The third kappa shape index (κ3) is 4.51. The van der Waals surface area contributed by atoms with Crippen molar-refractivity contribution in [1.82, 2.24) is 5.32 Å². The Labute approximate surface area is 110 Å². The first-order valence-electron chi connectivity index (χ1n) is 4.82. The van der Waals surface area contributed by atoms with Crippen LogP contribution in [0, 0.1) is 0 Å². The Balaban J connectivity index is 0.00000225. The minimum Gasteiger partial charge on any atom is -0.348 e. The van der Waals surface area contributed by atoms with Gasteiger partial charge < -0.3 is 11.1 Å². The minimum atomic E-state index is -0.473. The average Bonchev–Trinajstić information content (AvgIpc) is 2.17. The Bertz CT molecular complexity index is 358. The van der Waals surface area contributed by atoms with Crippen LogP contribution in [-0.2, 0) is 4.79 Å². The number of nitrogens with two attached hydrogens (primary N) is 1. The van der Waals surface area contributed by atoms with Gasteiger partial charge in [0.25, 0.3) is 0 Å². The van der Waals surface area contributed by atoms with Crippen molar-refractivity contribution in [3.63, 3.8) is 0 Å². The summed E-state index contributed by atoms with van der Waals surface area (Å²) in [6.45, 7) is 3.60. The van der Waals surface area contributed by atoms with Crippen molar-refractivity contribution in [1.29, 1.82) is 0 Å². The van der Waals surface area contributed by atoms with Crippen LogP contribution in [0.2, 0.25) is 0 Å². The van der Waals surface area contributed by atoms with Crippen molar-refractivity contribution < 1.29 is 4.79 Å². The number of carbonyl (C=O) groups is 1. The van der Waals surface area contributed by atoms with E-state index in [0.29, 0.717) is 0 Å². The number of carbonyl (C=O) groups excluding carboxylic acids is 1. The van der Waals surface area contributed by atoms with E-state index in [0.717, 1.165) is 10.0 Å². The summed E-state index contributed by atoms with van der Waals surface area (Å²) in [4.78, 5) is 11.4. The second-order valence-electron chi connectivity index (χ2n) is 3.57. The first-order chi connectivity index (χ1) is 7.00. The molecule has 2 atom stereocenters. The molecule has 16 heavy (non-hydrogen) atoms. The fourth-order valence-corrected chi connectivity index (χ4v) is 1.62. The van der Waals surface area contributed by atoms with E-state index in [1.807, 2.05) is 31.2 Å². The Kier molecular flexibility index (Phi) is 6.64. The van der Waals surface area contributed by atoms with E-state index < -0.39 is 6.04 Å². The van der Waals surface area contributed by atoms with Crippen LogP contribution in [0.5, 0.6) is 0 Å². The second-order valence-corrected chi connectivity index (χ2v) is 4.49. The molecule has 1 aromatic rings. The molecule has 90 valence electrons. The lowest BCUT2D eigenvalue weighted by Gasteiger charge is -2.16. The average molecular weight is 308 g/mol. The van der Waals surface area contributed by atoms with Crippen LogP contribution in [0.1, 0.15) is 25.5 Å². The van der Waals surface area contributed by atoms with Crippen molar-refractivity contribution >= 4 is 34.2 Å². The van der Waals surface area contributed by atoms with Gasteiger partial charge in [-0.15, -0.1) is 12.4 Å². The molecule has 0 saturated carbocycles. The molecule has 0 bridgehead atoms. The third-order valence-corrected chi connectivity index (χ3v) is 2.61. The van der Waals surface area contributed by atoms with Crippen LogP contribution in [0.25, 0.3) is 0 Å². The number of halogens is 2. The molecule has 0 fully saturated rings. The van der Waals surface area contributed by atoms with Gasteiger partial charge in [-0.2, -0.15) is 0 Å². The molecule has 3 nitrogen and oxygen atoms in total. The van der Waals surface area contributed by atoms with Crippen LogP contribution >= 0.6 is 28.3 Å². The molecule has 1 amide bonds. The van der Waals surface area contributed by atoms with E-state index in [1.54, 1.807) is 6.92 Å². The lowest BCUT2D eigenvalue weighted by Crippen LogP contribution is -2.39. The zero-order valence-corrected chi connectivity index (χ0v) is 11.6. The molecular formula is C11H16BrClN2O. The van der Waals surface area contributed by atoms with E-state index in [1.165, 1.54) is 0 Å². The molecule has 0 radical (unpaired) electrons. The standard InChI is InChI=1S/C11H15BrN2O.ClH/c1-7(13)11(15)14-8(2)9-4-3-5-10(12)6-9;/h3-8H,13H2,1-2H3,(H,14,15);1H. The van der Waals surface area contributed by atoms with E-state index in [-0.39, 0.29) is 24.4 Å². The van der Waals surface area contributed by atoms with Gasteiger partial charge in [0.05, 0.1) is 12.1 Å². The number of hydrogen-bond donors (Lipinski definition) is 2. The maximum Gasteiger partial charge on any atom is 0.237 e. The maximum atomic E-state index is 11.4. The van der Waals surface area contributed by atoms with Crippen molar-refractivity contribution in [2.24, 2.45) is 5.73 Å². The minimum absolute atomic E-state index is 0.